The van der Waals surface area contributed by atoms with E-state index >= 15 is 0 Å². The topological polar surface area (TPSA) is 59.9 Å². The van der Waals surface area contributed by atoms with Gasteiger partial charge in [-0.15, -0.1) is 0 Å². The minimum Gasteiger partial charge on any atom is -0.496 e. The highest BCUT2D eigenvalue weighted by atomic mass is 79.9. The van der Waals surface area contributed by atoms with Crippen molar-refractivity contribution in [2.75, 3.05) is 7.11 Å². The van der Waals surface area contributed by atoms with Crippen molar-refractivity contribution in [1.82, 2.24) is 5.43 Å². The molecular formula is C23H19Br2ClN2O3. The molecule has 0 fully saturated rings. The van der Waals surface area contributed by atoms with Crippen LogP contribution in [0.1, 0.15) is 27.0 Å². The second-order valence-electron chi connectivity index (χ2n) is 6.63. The first-order valence-corrected chi connectivity index (χ1v) is 11.2. The number of hydrazone groups is 1. The van der Waals surface area contributed by atoms with E-state index in [1.165, 1.54) is 7.11 Å². The van der Waals surface area contributed by atoms with E-state index in [2.05, 4.69) is 42.4 Å². The smallest absolute Gasteiger partial charge is 0.275 e. The van der Waals surface area contributed by atoms with Gasteiger partial charge in [0.05, 0.1) is 27.8 Å². The number of nitrogens with one attached hydrogen (secondary N) is 1. The number of hydrogen-bond donors (Lipinski definition) is 1. The molecule has 3 aromatic rings. The highest BCUT2D eigenvalue weighted by Crippen LogP contribution is 2.35. The molecule has 3 rings (SSSR count). The molecule has 0 saturated carbocycles. The van der Waals surface area contributed by atoms with Gasteiger partial charge in [-0.3, -0.25) is 4.79 Å². The lowest BCUT2D eigenvalue weighted by Gasteiger charge is -2.11. The number of ether oxygens (including phenoxy) is 2. The number of hydrogen-bond acceptors (Lipinski definition) is 4. The van der Waals surface area contributed by atoms with E-state index in [1.807, 2.05) is 49.4 Å². The van der Waals surface area contributed by atoms with Gasteiger partial charge in [-0.05, 0) is 91.9 Å². The highest BCUT2D eigenvalue weighted by Gasteiger charge is 2.12. The molecule has 0 radical (unpaired) electrons. The molecule has 0 atom stereocenters. The maximum atomic E-state index is 12.4. The standard InChI is InChI=1S/C23H19Br2ClN2O3/c1-14-3-8-18(21(9-14)30-2)23(29)28-27-12-16-10-19(24)22(20(25)11-16)31-13-15-4-6-17(26)7-5-15/h3-12H,13H2,1-2H3,(H,28,29)/b27-12-. The van der Waals surface area contributed by atoms with Gasteiger partial charge in [-0.25, -0.2) is 5.43 Å². The predicted octanol–water partition coefficient (Wildman–Crippen LogP) is 6.52. The molecule has 0 bridgehead atoms. The second-order valence-corrected chi connectivity index (χ2v) is 8.78. The summed E-state index contributed by atoms with van der Waals surface area (Å²) in [5, 5.41) is 4.74. The summed E-state index contributed by atoms with van der Waals surface area (Å²) in [4.78, 5) is 12.4. The monoisotopic (exact) mass is 564 g/mol. The molecule has 160 valence electrons. The van der Waals surface area contributed by atoms with E-state index in [1.54, 1.807) is 18.3 Å². The number of methoxy groups -OCH3 is 1. The summed E-state index contributed by atoms with van der Waals surface area (Å²) >= 11 is 13.0. The summed E-state index contributed by atoms with van der Waals surface area (Å²) in [5.74, 6) is 0.815. The van der Waals surface area contributed by atoms with Crippen molar-refractivity contribution in [2.24, 2.45) is 5.10 Å². The van der Waals surface area contributed by atoms with Crippen LogP contribution in [0, 0.1) is 6.92 Å². The lowest BCUT2D eigenvalue weighted by Crippen LogP contribution is -2.18. The van der Waals surface area contributed by atoms with Crippen LogP contribution in [0.25, 0.3) is 0 Å². The van der Waals surface area contributed by atoms with Crippen LogP contribution in [0.2, 0.25) is 5.02 Å². The van der Waals surface area contributed by atoms with Crippen LogP contribution >= 0.6 is 43.5 Å². The Hall–Kier alpha value is -2.35. The predicted molar refractivity (Wildman–Crippen MR) is 130 cm³/mol. The zero-order valence-electron chi connectivity index (χ0n) is 16.8. The third kappa shape index (κ3) is 6.32. The van der Waals surface area contributed by atoms with E-state index in [0.717, 1.165) is 25.6 Å². The van der Waals surface area contributed by atoms with Crippen molar-refractivity contribution in [3.8, 4) is 11.5 Å². The van der Waals surface area contributed by atoms with E-state index in [0.29, 0.717) is 28.7 Å². The highest BCUT2D eigenvalue weighted by molar-refractivity contribution is 9.11. The molecule has 3 aromatic carbocycles. The Morgan fingerprint density at radius 3 is 2.42 bits per heavy atom. The SMILES string of the molecule is COc1cc(C)ccc1C(=O)N/N=C\c1cc(Br)c(OCc2ccc(Cl)cc2)c(Br)c1. The van der Waals surface area contributed by atoms with Crippen molar-refractivity contribution in [1.29, 1.82) is 0 Å². The van der Waals surface area contributed by atoms with Crippen LogP contribution in [0.5, 0.6) is 11.5 Å². The molecule has 5 nitrogen and oxygen atoms in total. The fourth-order valence-corrected chi connectivity index (χ4v) is 4.32. The Kier molecular flexibility index (Phi) is 8.12. The van der Waals surface area contributed by atoms with E-state index in [-0.39, 0.29) is 5.91 Å². The molecule has 0 aliphatic carbocycles. The van der Waals surface area contributed by atoms with Gasteiger partial charge >= 0.3 is 0 Å². The molecule has 8 heteroatoms. The first-order valence-electron chi connectivity index (χ1n) is 9.21. The van der Waals surface area contributed by atoms with Gasteiger partial charge in [-0.2, -0.15) is 5.10 Å². The average molecular weight is 567 g/mol. The van der Waals surface area contributed by atoms with Gasteiger partial charge in [0.2, 0.25) is 0 Å². The molecule has 1 N–H and O–H groups in total. The van der Waals surface area contributed by atoms with E-state index in [9.17, 15) is 4.79 Å². The van der Waals surface area contributed by atoms with Gasteiger partial charge in [0.25, 0.3) is 5.91 Å². The Morgan fingerprint density at radius 1 is 1.10 bits per heavy atom. The van der Waals surface area contributed by atoms with Gasteiger partial charge in [0.15, 0.2) is 0 Å². The zero-order valence-corrected chi connectivity index (χ0v) is 20.7. The number of benzene rings is 3. The average Bonchev–Trinajstić information content (AvgIpc) is 2.74. The lowest BCUT2D eigenvalue weighted by atomic mass is 10.1. The first kappa shape index (κ1) is 23.3. The summed E-state index contributed by atoms with van der Waals surface area (Å²) in [6, 6.07) is 16.5. The molecule has 0 aromatic heterocycles. The number of carbonyl (C=O) groups excluding carboxylic acids is 1. The minimum atomic E-state index is -0.353. The van der Waals surface area contributed by atoms with Crippen molar-refractivity contribution in [2.45, 2.75) is 13.5 Å². The Balaban J connectivity index is 1.66. The molecule has 0 unspecified atom stereocenters. The van der Waals surface area contributed by atoms with Crippen molar-refractivity contribution in [3.05, 3.63) is 90.8 Å². The molecule has 0 heterocycles. The third-order valence-electron chi connectivity index (χ3n) is 4.30. The fourth-order valence-electron chi connectivity index (χ4n) is 2.74. The van der Waals surface area contributed by atoms with Gasteiger partial charge in [0.1, 0.15) is 18.1 Å². The number of amides is 1. The van der Waals surface area contributed by atoms with Crippen LogP contribution in [0.4, 0.5) is 0 Å². The number of halogens is 3. The van der Waals surface area contributed by atoms with Crippen LogP contribution in [0.3, 0.4) is 0 Å². The van der Waals surface area contributed by atoms with Crippen molar-refractivity contribution < 1.29 is 14.3 Å². The lowest BCUT2D eigenvalue weighted by molar-refractivity contribution is 0.0952. The van der Waals surface area contributed by atoms with Crippen LogP contribution in [-0.2, 0) is 6.61 Å². The van der Waals surface area contributed by atoms with Crippen LogP contribution < -0.4 is 14.9 Å². The molecular weight excluding hydrogens is 548 g/mol. The summed E-state index contributed by atoms with van der Waals surface area (Å²) in [7, 11) is 1.53. The van der Waals surface area contributed by atoms with E-state index in [4.69, 9.17) is 21.1 Å². The zero-order chi connectivity index (χ0) is 22.4. The molecule has 0 aliphatic rings. The summed E-state index contributed by atoms with van der Waals surface area (Å²) < 4.78 is 12.7. The molecule has 0 aliphatic heterocycles. The molecule has 0 saturated heterocycles. The van der Waals surface area contributed by atoms with Crippen molar-refractivity contribution >= 4 is 55.6 Å². The van der Waals surface area contributed by atoms with Gasteiger partial charge in [0, 0.05) is 5.02 Å². The first-order chi connectivity index (χ1) is 14.9. The van der Waals surface area contributed by atoms with Gasteiger partial charge in [-0.1, -0.05) is 29.8 Å². The Morgan fingerprint density at radius 2 is 1.77 bits per heavy atom. The van der Waals surface area contributed by atoms with Gasteiger partial charge < -0.3 is 9.47 Å². The normalized spacial score (nSPS) is 10.9. The fraction of sp³-hybridized carbons (Fsp3) is 0.130. The third-order valence-corrected chi connectivity index (χ3v) is 5.73. The van der Waals surface area contributed by atoms with E-state index < -0.39 is 0 Å². The molecule has 0 spiro atoms. The van der Waals surface area contributed by atoms with Crippen LogP contribution in [-0.4, -0.2) is 19.2 Å². The second kappa shape index (κ2) is 10.8. The maximum Gasteiger partial charge on any atom is 0.275 e. The molecule has 1 amide bonds. The summed E-state index contributed by atoms with van der Waals surface area (Å²) in [6.07, 6.45) is 1.55. The Bertz CT molecular complexity index is 1100. The number of aryl methyl sites for hydroxylation is 1. The summed E-state index contributed by atoms with van der Waals surface area (Å²) in [6.45, 7) is 2.33. The maximum absolute atomic E-state index is 12.4. The number of carbonyl (C=O) groups is 1. The summed E-state index contributed by atoms with van der Waals surface area (Å²) in [5.41, 5.74) is 5.72. The number of rotatable bonds is 7. The van der Waals surface area contributed by atoms with Crippen LogP contribution in [0.15, 0.2) is 68.6 Å². The quantitative estimate of drug-likeness (QED) is 0.262. The van der Waals surface area contributed by atoms with Crippen molar-refractivity contribution in [3.63, 3.8) is 0 Å². The Labute approximate surface area is 202 Å². The molecule has 31 heavy (non-hydrogen) atoms. The largest absolute Gasteiger partial charge is 0.496 e. The number of nitrogens with zero attached hydrogens (tertiary/aromatic N) is 1. The minimum absolute atomic E-state index is 0.353.